The van der Waals surface area contributed by atoms with Crippen molar-refractivity contribution in [1.82, 2.24) is 14.5 Å². The van der Waals surface area contributed by atoms with Crippen LogP contribution in [-0.4, -0.2) is 28.3 Å². The fraction of sp³-hybridized carbons (Fsp3) is 0.222. The Bertz CT molecular complexity index is 988. The van der Waals surface area contributed by atoms with Crippen molar-refractivity contribution < 1.29 is 18.3 Å². The van der Waals surface area contributed by atoms with E-state index in [1.54, 1.807) is 23.9 Å². The molecule has 0 aliphatic heterocycles. The Hall–Kier alpha value is -3.36. The Kier molecular flexibility index (Phi) is 4.85. The van der Waals surface area contributed by atoms with Crippen molar-refractivity contribution in [3.8, 4) is 28.6 Å². The van der Waals surface area contributed by atoms with Gasteiger partial charge in [-0.05, 0) is 25.5 Å². The van der Waals surface area contributed by atoms with Gasteiger partial charge in [0.15, 0.2) is 0 Å². The first-order valence-corrected chi connectivity index (χ1v) is 8.02. The van der Waals surface area contributed by atoms with Crippen LogP contribution in [0.2, 0.25) is 0 Å². The van der Waals surface area contributed by atoms with Gasteiger partial charge in [-0.25, -0.2) is 4.98 Å². The van der Waals surface area contributed by atoms with Gasteiger partial charge in [-0.1, -0.05) is 0 Å². The number of rotatable bonds is 5. The molecule has 9 heteroatoms. The number of methoxy groups -OCH3 is 1. The van der Waals surface area contributed by atoms with E-state index in [1.165, 1.54) is 19.2 Å². The molecule has 2 aromatic heterocycles. The zero-order valence-electron chi connectivity index (χ0n) is 15.0. The molecule has 0 aliphatic carbocycles. The number of imidazole rings is 1. The summed E-state index contributed by atoms with van der Waals surface area (Å²) in [6.07, 6.45) is 3.32. The number of anilines is 2. The van der Waals surface area contributed by atoms with Gasteiger partial charge in [-0.2, -0.15) is 8.78 Å². The van der Waals surface area contributed by atoms with Crippen molar-refractivity contribution in [3.63, 3.8) is 0 Å². The number of hydrogen-bond donors (Lipinski definition) is 2. The van der Waals surface area contributed by atoms with E-state index in [-0.39, 0.29) is 17.2 Å². The molecule has 0 spiro atoms. The van der Waals surface area contributed by atoms with Crippen molar-refractivity contribution in [2.75, 3.05) is 18.6 Å². The lowest BCUT2D eigenvalue weighted by Crippen LogP contribution is -2.09. The Morgan fingerprint density at radius 1 is 1.19 bits per heavy atom. The number of ether oxygens (including phenoxy) is 2. The smallest absolute Gasteiger partial charge is 0.387 e. The summed E-state index contributed by atoms with van der Waals surface area (Å²) in [4.78, 5) is 8.65. The summed E-state index contributed by atoms with van der Waals surface area (Å²) in [7, 11) is 1.39. The highest BCUT2D eigenvalue weighted by atomic mass is 19.3. The molecule has 0 fully saturated rings. The molecule has 0 saturated heterocycles. The number of nitrogen functional groups attached to an aromatic ring is 2. The van der Waals surface area contributed by atoms with Crippen LogP contribution in [0.5, 0.6) is 11.5 Å². The third-order valence-electron chi connectivity index (χ3n) is 4.16. The second-order valence-corrected chi connectivity index (χ2v) is 5.87. The van der Waals surface area contributed by atoms with E-state index < -0.39 is 6.61 Å². The Balaban J connectivity index is 2.30. The number of pyridine rings is 1. The van der Waals surface area contributed by atoms with Crippen LogP contribution in [0, 0.1) is 13.8 Å². The van der Waals surface area contributed by atoms with Gasteiger partial charge in [0, 0.05) is 30.1 Å². The van der Waals surface area contributed by atoms with Gasteiger partial charge in [0.05, 0.1) is 24.2 Å². The lowest BCUT2D eigenvalue weighted by atomic mass is 10.1. The minimum Gasteiger partial charge on any atom is -0.494 e. The van der Waals surface area contributed by atoms with Crippen molar-refractivity contribution in [1.29, 1.82) is 0 Å². The van der Waals surface area contributed by atoms with E-state index in [1.807, 2.05) is 13.0 Å². The minimum absolute atomic E-state index is 0.106. The van der Waals surface area contributed by atoms with Crippen molar-refractivity contribution in [2.45, 2.75) is 20.5 Å². The van der Waals surface area contributed by atoms with E-state index in [4.69, 9.17) is 16.2 Å². The molecule has 3 rings (SSSR count). The maximum atomic E-state index is 12.7. The predicted octanol–water partition coefficient (Wildman–Crippen LogP) is 3.33. The average molecular weight is 375 g/mol. The molecule has 7 nitrogen and oxygen atoms in total. The number of benzene rings is 1. The highest BCUT2D eigenvalue weighted by Crippen LogP contribution is 2.38. The standard InChI is InChI=1S/C18H19F2N5O2/c1-9-4-5-23-8-12(9)17-24-10(2)16(22)25(17)13-6-11(27-18(19)20)7-14(26-3)15(13)21/h4-8,18H,21-22H2,1-3H3. The van der Waals surface area contributed by atoms with Gasteiger partial charge in [0.2, 0.25) is 0 Å². The van der Waals surface area contributed by atoms with Gasteiger partial charge in [0.25, 0.3) is 0 Å². The number of nitrogens with two attached hydrogens (primary N) is 2. The maximum absolute atomic E-state index is 12.7. The van der Waals surface area contributed by atoms with E-state index in [0.29, 0.717) is 23.0 Å². The van der Waals surface area contributed by atoms with Crippen molar-refractivity contribution >= 4 is 11.5 Å². The quantitative estimate of drug-likeness (QED) is 0.664. The molecule has 0 saturated carbocycles. The summed E-state index contributed by atoms with van der Waals surface area (Å²) in [6.45, 7) is 0.656. The van der Waals surface area contributed by atoms with Crippen LogP contribution in [-0.2, 0) is 0 Å². The first-order valence-electron chi connectivity index (χ1n) is 8.02. The first kappa shape index (κ1) is 18.4. The molecule has 0 radical (unpaired) electrons. The highest BCUT2D eigenvalue weighted by Gasteiger charge is 2.22. The number of halogens is 2. The predicted molar refractivity (Wildman–Crippen MR) is 98.3 cm³/mol. The second kappa shape index (κ2) is 7.10. The topological polar surface area (TPSA) is 101 Å². The van der Waals surface area contributed by atoms with Crippen LogP contribution in [0.4, 0.5) is 20.3 Å². The van der Waals surface area contributed by atoms with Crippen molar-refractivity contribution in [2.24, 2.45) is 0 Å². The minimum atomic E-state index is -2.99. The van der Waals surface area contributed by atoms with E-state index in [9.17, 15) is 8.78 Å². The zero-order valence-corrected chi connectivity index (χ0v) is 15.0. The van der Waals surface area contributed by atoms with Gasteiger partial charge in [0.1, 0.15) is 23.1 Å². The Morgan fingerprint density at radius 2 is 1.93 bits per heavy atom. The maximum Gasteiger partial charge on any atom is 0.387 e. The zero-order chi connectivity index (χ0) is 19.7. The molecule has 4 N–H and O–H groups in total. The fourth-order valence-electron chi connectivity index (χ4n) is 2.78. The number of alkyl halides is 2. The lowest BCUT2D eigenvalue weighted by molar-refractivity contribution is -0.0499. The Morgan fingerprint density at radius 3 is 2.56 bits per heavy atom. The van der Waals surface area contributed by atoms with Gasteiger partial charge in [-0.15, -0.1) is 0 Å². The van der Waals surface area contributed by atoms with Crippen LogP contribution in [0.3, 0.4) is 0 Å². The van der Waals surface area contributed by atoms with E-state index >= 15 is 0 Å². The largest absolute Gasteiger partial charge is 0.494 e. The molecule has 27 heavy (non-hydrogen) atoms. The number of hydrogen-bond acceptors (Lipinski definition) is 6. The summed E-state index contributed by atoms with van der Waals surface area (Å²) < 4.78 is 36.8. The van der Waals surface area contributed by atoms with Crippen LogP contribution in [0.1, 0.15) is 11.3 Å². The SMILES string of the molecule is COc1cc(OC(F)F)cc(-n2c(-c3cnccc3C)nc(C)c2N)c1N. The summed E-state index contributed by atoms with van der Waals surface area (Å²) in [5.41, 5.74) is 15.2. The molecule has 3 aromatic rings. The molecule has 0 aliphatic rings. The van der Waals surface area contributed by atoms with Crippen LogP contribution < -0.4 is 20.9 Å². The lowest BCUT2D eigenvalue weighted by Gasteiger charge is -2.17. The normalized spacial score (nSPS) is 11.0. The molecule has 2 heterocycles. The van der Waals surface area contributed by atoms with Crippen molar-refractivity contribution in [3.05, 3.63) is 41.9 Å². The summed E-state index contributed by atoms with van der Waals surface area (Å²) >= 11 is 0. The highest BCUT2D eigenvalue weighted by molar-refractivity contribution is 5.75. The van der Waals surface area contributed by atoms with Gasteiger partial charge < -0.3 is 20.9 Å². The molecule has 0 atom stereocenters. The summed E-state index contributed by atoms with van der Waals surface area (Å²) in [5, 5.41) is 0. The van der Waals surface area contributed by atoms with Crippen LogP contribution in [0.25, 0.3) is 17.1 Å². The number of nitrogens with zero attached hydrogens (tertiary/aromatic N) is 3. The summed E-state index contributed by atoms with van der Waals surface area (Å²) in [6, 6.07) is 4.50. The molecule has 0 unspecified atom stereocenters. The monoisotopic (exact) mass is 375 g/mol. The van der Waals surface area contributed by atoms with Gasteiger partial charge in [-0.3, -0.25) is 9.55 Å². The number of aryl methyl sites for hydroxylation is 2. The van der Waals surface area contributed by atoms with Gasteiger partial charge >= 0.3 is 6.61 Å². The fourth-order valence-corrected chi connectivity index (χ4v) is 2.78. The first-order chi connectivity index (χ1) is 12.8. The second-order valence-electron chi connectivity index (χ2n) is 5.87. The third kappa shape index (κ3) is 3.35. The number of aromatic nitrogens is 3. The molecule has 0 bridgehead atoms. The van der Waals surface area contributed by atoms with Crippen LogP contribution >= 0.6 is 0 Å². The molecule has 142 valence electrons. The van der Waals surface area contributed by atoms with Crippen LogP contribution in [0.15, 0.2) is 30.6 Å². The molecule has 0 amide bonds. The molecule has 1 aromatic carbocycles. The van der Waals surface area contributed by atoms with E-state index in [2.05, 4.69) is 14.7 Å². The average Bonchev–Trinajstić information content (AvgIpc) is 2.91. The Labute approximate surface area is 154 Å². The molecular formula is C18H19F2N5O2. The third-order valence-corrected chi connectivity index (χ3v) is 4.16. The van der Waals surface area contributed by atoms with E-state index in [0.717, 1.165) is 11.1 Å². The molecular weight excluding hydrogens is 356 g/mol. The summed E-state index contributed by atoms with van der Waals surface area (Å²) in [5.74, 6) is 0.878.